The maximum atomic E-state index is 12.2. The molecule has 0 saturated carbocycles. The molecule has 0 radical (unpaired) electrons. The Morgan fingerprint density at radius 2 is 1.95 bits per heavy atom. The number of amides is 1. The van der Waals surface area contributed by atoms with Crippen molar-refractivity contribution in [1.82, 2.24) is 9.78 Å². The SMILES string of the molecule is COC(=O)c1nn(C)c(C)c1NC(=O)Cc1ccc(Cl)cc1. The second kappa shape index (κ2) is 6.62. The molecule has 0 fully saturated rings. The lowest BCUT2D eigenvalue weighted by Gasteiger charge is -2.06. The van der Waals surface area contributed by atoms with Crippen LogP contribution in [-0.4, -0.2) is 28.8 Å². The Balaban J connectivity index is 2.17. The summed E-state index contributed by atoms with van der Waals surface area (Å²) in [6.45, 7) is 1.76. The van der Waals surface area contributed by atoms with E-state index in [1.807, 2.05) is 0 Å². The maximum Gasteiger partial charge on any atom is 0.360 e. The van der Waals surface area contributed by atoms with E-state index in [0.29, 0.717) is 16.4 Å². The summed E-state index contributed by atoms with van der Waals surface area (Å²) in [7, 11) is 2.96. The van der Waals surface area contributed by atoms with Gasteiger partial charge >= 0.3 is 5.97 Å². The van der Waals surface area contributed by atoms with Crippen molar-refractivity contribution in [2.45, 2.75) is 13.3 Å². The van der Waals surface area contributed by atoms with Gasteiger partial charge in [-0.05, 0) is 24.6 Å². The molecule has 116 valence electrons. The smallest absolute Gasteiger partial charge is 0.360 e. The van der Waals surface area contributed by atoms with Crippen LogP contribution in [0.25, 0.3) is 0 Å². The summed E-state index contributed by atoms with van der Waals surface area (Å²) < 4.78 is 6.20. The lowest BCUT2D eigenvalue weighted by Crippen LogP contribution is -2.17. The van der Waals surface area contributed by atoms with E-state index in [0.717, 1.165) is 5.56 Å². The molecule has 2 aromatic rings. The van der Waals surface area contributed by atoms with E-state index in [1.54, 1.807) is 38.2 Å². The van der Waals surface area contributed by atoms with Gasteiger partial charge in [0.2, 0.25) is 5.91 Å². The molecule has 1 aromatic heterocycles. The van der Waals surface area contributed by atoms with E-state index < -0.39 is 5.97 Å². The molecule has 1 N–H and O–H groups in total. The van der Waals surface area contributed by atoms with Crippen LogP contribution < -0.4 is 5.32 Å². The molecule has 1 amide bonds. The average molecular weight is 322 g/mol. The molecule has 0 aliphatic rings. The lowest BCUT2D eigenvalue weighted by molar-refractivity contribution is -0.115. The van der Waals surface area contributed by atoms with E-state index in [1.165, 1.54) is 11.8 Å². The molecule has 6 nitrogen and oxygen atoms in total. The van der Waals surface area contributed by atoms with Crippen LogP contribution in [0.4, 0.5) is 5.69 Å². The van der Waals surface area contributed by atoms with Gasteiger partial charge in [0.15, 0.2) is 5.69 Å². The van der Waals surface area contributed by atoms with Crippen molar-refractivity contribution >= 4 is 29.2 Å². The Labute approximate surface area is 133 Å². The number of aromatic nitrogens is 2. The Bertz CT molecular complexity index is 708. The van der Waals surface area contributed by atoms with Crippen molar-refractivity contribution in [2.75, 3.05) is 12.4 Å². The minimum Gasteiger partial charge on any atom is -0.464 e. The summed E-state index contributed by atoms with van der Waals surface area (Å²) in [4.78, 5) is 23.9. The number of nitrogens with one attached hydrogen (secondary N) is 1. The topological polar surface area (TPSA) is 73.2 Å². The zero-order valence-electron chi connectivity index (χ0n) is 12.5. The van der Waals surface area contributed by atoms with Crippen molar-refractivity contribution in [1.29, 1.82) is 0 Å². The minimum atomic E-state index is -0.592. The van der Waals surface area contributed by atoms with Crippen LogP contribution in [0, 0.1) is 6.92 Å². The number of hydrogen-bond donors (Lipinski definition) is 1. The van der Waals surface area contributed by atoms with Crippen LogP contribution >= 0.6 is 11.6 Å². The van der Waals surface area contributed by atoms with Crippen molar-refractivity contribution in [3.8, 4) is 0 Å². The third-order valence-electron chi connectivity index (χ3n) is 3.26. The number of carbonyl (C=O) groups is 2. The predicted octanol–water partition coefficient (Wildman–Crippen LogP) is 2.35. The van der Waals surface area contributed by atoms with E-state index in [4.69, 9.17) is 11.6 Å². The van der Waals surface area contributed by atoms with Crippen LogP contribution in [0.3, 0.4) is 0 Å². The molecule has 0 saturated heterocycles. The van der Waals surface area contributed by atoms with Crippen LogP contribution in [0.5, 0.6) is 0 Å². The maximum absolute atomic E-state index is 12.2. The molecular formula is C15H16ClN3O3. The number of esters is 1. The summed E-state index contributed by atoms with van der Waals surface area (Å²) in [5.74, 6) is -0.839. The van der Waals surface area contributed by atoms with Gasteiger partial charge in [-0.15, -0.1) is 0 Å². The molecule has 7 heteroatoms. The highest BCUT2D eigenvalue weighted by Crippen LogP contribution is 2.20. The molecule has 0 atom stereocenters. The summed E-state index contributed by atoms with van der Waals surface area (Å²) >= 11 is 5.81. The van der Waals surface area contributed by atoms with Gasteiger partial charge in [0.25, 0.3) is 0 Å². The Morgan fingerprint density at radius 3 is 2.55 bits per heavy atom. The largest absolute Gasteiger partial charge is 0.464 e. The van der Waals surface area contributed by atoms with E-state index in [-0.39, 0.29) is 18.0 Å². The first-order valence-corrected chi connectivity index (χ1v) is 6.96. The van der Waals surface area contributed by atoms with Gasteiger partial charge in [-0.3, -0.25) is 9.48 Å². The number of aryl methyl sites for hydroxylation is 1. The normalized spacial score (nSPS) is 10.4. The highest BCUT2D eigenvalue weighted by molar-refractivity contribution is 6.30. The van der Waals surface area contributed by atoms with Gasteiger partial charge in [-0.1, -0.05) is 23.7 Å². The lowest BCUT2D eigenvalue weighted by atomic mass is 10.1. The fraction of sp³-hybridized carbons (Fsp3) is 0.267. The Morgan fingerprint density at radius 1 is 1.32 bits per heavy atom. The summed E-state index contributed by atoms with van der Waals surface area (Å²) in [6.07, 6.45) is 0.173. The molecule has 22 heavy (non-hydrogen) atoms. The van der Waals surface area contributed by atoms with Crippen LogP contribution in [0.1, 0.15) is 21.7 Å². The minimum absolute atomic E-state index is 0.0898. The molecule has 0 aliphatic heterocycles. The van der Waals surface area contributed by atoms with Gasteiger partial charge in [0.05, 0.1) is 24.9 Å². The van der Waals surface area contributed by atoms with Gasteiger partial charge in [0.1, 0.15) is 0 Å². The second-order valence-corrected chi connectivity index (χ2v) is 5.21. The van der Waals surface area contributed by atoms with Gasteiger partial charge in [-0.25, -0.2) is 4.79 Å². The highest BCUT2D eigenvalue weighted by Gasteiger charge is 2.21. The zero-order chi connectivity index (χ0) is 16.3. The average Bonchev–Trinajstić information content (AvgIpc) is 2.77. The first-order chi connectivity index (χ1) is 10.4. The fourth-order valence-corrected chi connectivity index (χ4v) is 2.09. The number of carbonyl (C=O) groups excluding carboxylic acids is 2. The van der Waals surface area contributed by atoms with Gasteiger partial charge < -0.3 is 10.1 Å². The van der Waals surface area contributed by atoms with Crippen molar-refractivity contribution in [2.24, 2.45) is 7.05 Å². The first kappa shape index (κ1) is 16.0. The van der Waals surface area contributed by atoms with Crippen LogP contribution in [0.2, 0.25) is 5.02 Å². The number of anilines is 1. The molecule has 1 aromatic carbocycles. The third-order valence-corrected chi connectivity index (χ3v) is 3.51. The van der Waals surface area contributed by atoms with Crippen molar-refractivity contribution < 1.29 is 14.3 Å². The molecular weight excluding hydrogens is 306 g/mol. The Kier molecular flexibility index (Phi) is 4.82. The molecule has 1 heterocycles. The molecule has 2 rings (SSSR count). The van der Waals surface area contributed by atoms with Crippen molar-refractivity contribution in [3.05, 3.63) is 46.2 Å². The monoisotopic (exact) mass is 321 g/mol. The number of rotatable bonds is 4. The molecule has 0 unspecified atom stereocenters. The fourth-order valence-electron chi connectivity index (χ4n) is 1.97. The number of halogens is 1. The second-order valence-electron chi connectivity index (χ2n) is 4.78. The molecule has 0 spiro atoms. The third kappa shape index (κ3) is 3.46. The van der Waals surface area contributed by atoms with Gasteiger partial charge in [0, 0.05) is 12.1 Å². The van der Waals surface area contributed by atoms with E-state index in [2.05, 4.69) is 15.2 Å². The summed E-state index contributed by atoms with van der Waals surface area (Å²) in [5.41, 5.74) is 1.95. The summed E-state index contributed by atoms with van der Waals surface area (Å²) in [5, 5.41) is 7.40. The molecule has 0 aliphatic carbocycles. The van der Waals surface area contributed by atoms with Gasteiger partial charge in [-0.2, -0.15) is 5.10 Å². The summed E-state index contributed by atoms with van der Waals surface area (Å²) in [6, 6.07) is 7.00. The quantitative estimate of drug-likeness (QED) is 0.877. The zero-order valence-corrected chi connectivity index (χ0v) is 13.3. The van der Waals surface area contributed by atoms with Crippen molar-refractivity contribution in [3.63, 3.8) is 0 Å². The number of methoxy groups -OCH3 is 1. The predicted molar refractivity (Wildman–Crippen MR) is 83.1 cm³/mol. The number of ether oxygens (including phenoxy) is 1. The highest BCUT2D eigenvalue weighted by atomic mass is 35.5. The van der Waals surface area contributed by atoms with E-state index in [9.17, 15) is 9.59 Å². The Hall–Kier alpha value is -2.34. The van der Waals surface area contributed by atoms with Crippen LogP contribution in [0.15, 0.2) is 24.3 Å². The van der Waals surface area contributed by atoms with Crippen LogP contribution in [-0.2, 0) is 23.0 Å². The standard InChI is InChI=1S/C15H16ClN3O3/c1-9-13(14(15(21)22-3)18-19(9)2)17-12(20)8-10-4-6-11(16)7-5-10/h4-7H,8H2,1-3H3,(H,17,20). The van der Waals surface area contributed by atoms with E-state index >= 15 is 0 Å². The number of benzene rings is 1. The number of nitrogens with zero attached hydrogens (tertiary/aromatic N) is 2. The number of hydrogen-bond acceptors (Lipinski definition) is 4. The molecule has 0 bridgehead atoms. The first-order valence-electron chi connectivity index (χ1n) is 6.58.